The van der Waals surface area contributed by atoms with Crippen LogP contribution in [0.4, 0.5) is 16.2 Å². The maximum atomic E-state index is 12.7. The zero-order valence-electron chi connectivity index (χ0n) is 14.9. The lowest BCUT2D eigenvalue weighted by Gasteiger charge is -2.21. The third-order valence-corrected chi connectivity index (χ3v) is 4.74. The minimum absolute atomic E-state index is 0.0269. The lowest BCUT2D eigenvalue weighted by molar-refractivity contribution is 0.207. The average Bonchev–Trinajstić information content (AvgIpc) is 3.21. The molecule has 1 saturated heterocycles. The van der Waals surface area contributed by atoms with Gasteiger partial charge in [-0.2, -0.15) is 5.10 Å². The second kappa shape index (κ2) is 7.14. The Hall–Kier alpha value is -2.54. The normalized spacial score (nSPS) is 19.9. The van der Waals surface area contributed by atoms with Crippen LogP contribution in [0.15, 0.2) is 36.7 Å². The van der Waals surface area contributed by atoms with Crippen molar-refractivity contribution in [1.82, 2.24) is 14.7 Å². The summed E-state index contributed by atoms with van der Waals surface area (Å²) in [5.41, 5.74) is 2.80. The van der Waals surface area contributed by atoms with Crippen LogP contribution < -0.4 is 10.2 Å². The molecule has 1 fully saturated rings. The van der Waals surface area contributed by atoms with Crippen LogP contribution in [0.1, 0.15) is 11.5 Å². The molecule has 0 aliphatic carbocycles. The lowest BCUT2D eigenvalue weighted by Crippen LogP contribution is -2.33. The van der Waals surface area contributed by atoms with Gasteiger partial charge in [0.2, 0.25) is 0 Å². The summed E-state index contributed by atoms with van der Waals surface area (Å²) in [5, 5.41) is 16.9. The third-order valence-electron chi connectivity index (χ3n) is 4.74. The summed E-state index contributed by atoms with van der Waals surface area (Å²) in [6.07, 6.45) is 3.77. The molecule has 0 spiro atoms. The third kappa shape index (κ3) is 3.61. The number of nitrogens with one attached hydrogen (secondary N) is 1. The van der Waals surface area contributed by atoms with E-state index in [0.29, 0.717) is 13.1 Å². The van der Waals surface area contributed by atoms with Crippen molar-refractivity contribution in [2.75, 3.05) is 44.0 Å². The molecule has 0 radical (unpaired) electrons. The van der Waals surface area contributed by atoms with E-state index in [-0.39, 0.29) is 24.5 Å². The number of urea groups is 1. The number of aliphatic hydroxyl groups excluding tert-OH is 1. The molecule has 134 valence electrons. The summed E-state index contributed by atoms with van der Waals surface area (Å²) in [5.74, 6) is 0.132. The number of amides is 2. The van der Waals surface area contributed by atoms with E-state index in [1.165, 1.54) is 0 Å². The van der Waals surface area contributed by atoms with Gasteiger partial charge < -0.3 is 20.2 Å². The second-order valence-corrected chi connectivity index (χ2v) is 6.74. The number of anilines is 2. The summed E-state index contributed by atoms with van der Waals surface area (Å²) >= 11 is 0. The molecule has 1 aromatic carbocycles. The number of hydrogen-bond acceptors (Lipinski definition) is 4. The molecule has 0 bridgehead atoms. The van der Waals surface area contributed by atoms with E-state index in [2.05, 4.69) is 10.4 Å². The molecule has 2 atom stereocenters. The Morgan fingerprint density at radius 2 is 2.12 bits per heavy atom. The molecular weight excluding hydrogens is 318 g/mol. The van der Waals surface area contributed by atoms with Gasteiger partial charge in [0.25, 0.3) is 0 Å². The first-order valence-corrected chi connectivity index (χ1v) is 8.41. The molecular formula is C18H25N5O2. The number of carbonyl (C=O) groups excluding carboxylic acids is 1. The molecule has 0 saturated carbocycles. The first-order chi connectivity index (χ1) is 12.0. The van der Waals surface area contributed by atoms with Crippen LogP contribution in [-0.2, 0) is 7.05 Å². The molecule has 7 heteroatoms. The van der Waals surface area contributed by atoms with Crippen LogP contribution in [0.5, 0.6) is 0 Å². The summed E-state index contributed by atoms with van der Waals surface area (Å²) in [6.45, 7) is 1.16. The molecule has 25 heavy (non-hydrogen) atoms. The van der Waals surface area contributed by atoms with Crippen molar-refractivity contribution in [3.05, 3.63) is 42.2 Å². The molecule has 2 amide bonds. The fourth-order valence-electron chi connectivity index (χ4n) is 3.39. The highest BCUT2D eigenvalue weighted by molar-refractivity contribution is 5.93. The number of aliphatic hydroxyl groups is 1. The van der Waals surface area contributed by atoms with E-state index in [0.717, 1.165) is 16.9 Å². The van der Waals surface area contributed by atoms with Gasteiger partial charge in [-0.25, -0.2) is 4.79 Å². The Morgan fingerprint density at radius 1 is 1.36 bits per heavy atom. The molecule has 1 aliphatic heterocycles. The number of aryl methyl sites for hydroxylation is 1. The van der Waals surface area contributed by atoms with Gasteiger partial charge >= 0.3 is 6.03 Å². The van der Waals surface area contributed by atoms with Crippen LogP contribution in [-0.4, -0.2) is 59.6 Å². The Kier molecular flexibility index (Phi) is 4.94. The minimum Gasteiger partial charge on any atom is -0.396 e. The molecule has 1 aliphatic rings. The fourth-order valence-corrected chi connectivity index (χ4v) is 3.39. The maximum absolute atomic E-state index is 12.7. The van der Waals surface area contributed by atoms with Crippen LogP contribution in [0.25, 0.3) is 0 Å². The van der Waals surface area contributed by atoms with Crippen molar-refractivity contribution in [1.29, 1.82) is 0 Å². The highest BCUT2D eigenvalue weighted by Crippen LogP contribution is 2.33. The van der Waals surface area contributed by atoms with Crippen LogP contribution in [0, 0.1) is 5.92 Å². The number of carbonyl (C=O) groups is 1. The van der Waals surface area contributed by atoms with Gasteiger partial charge in [0.05, 0.1) is 17.6 Å². The number of hydrogen-bond donors (Lipinski definition) is 2. The lowest BCUT2D eigenvalue weighted by atomic mass is 9.92. The standard InChI is InChI=1S/C18H25N5O2/c1-21(2)17-7-5-4-6-16(17)20-18(25)23-10-14(12-24)15(11-23)13-8-19-22(3)9-13/h4-9,14-15,24H,10-12H2,1-3H3,(H,20,25)/t14-,15-/m0/s1. The summed E-state index contributed by atoms with van der Waals surface area (Å²) in [7, 11) is 5.76. The Morgan fingerprint density at radius 3 is 2.76 bits per heavy atom. The van der Waals surface area contributed by atoms with Gasteiger partial charge in [-0.15, -0.1) is 0 Å². The Labute approximate surface area is 147 Å². The van der Waals surface area contributed by atoms with E-state index >= 15 is 0 Å². The maximum Gasteiger partial charge on any atom is 0.321 e. The van der Waals surface area contributed by atoms with Crippen LogP contribution in [0.3, 0.4) is 0 Å². The topological polar surface area (TPSA) is 73.6 Å². The molecule has 1 aromatic heterocycles. The van der Waals surface area contributed by atoms with Crippen LogP contribution >= 0.6 is 0 Å². The van der Waals surface area contributed by atoms with Crippen molar-refractivity contribution < 1.29 is 9.90 Å². The highest BCUT2D eigenvalue weighted by Gasteiger charge is 2.36. The first kappa shape index (κ1) is 17.3. The van der Waals surface area contributed by atoms with Gasteiger partial charge in [0.1, 0.15) is 0 Å². The first-order valence-electron chi connectivity index (χ1n) is 8.41. The number of likely N-dealkylation sites (tertiary alicyclic amines) is 1. The van der Waals surface area contributed by atoms with E-state index in [9.17, 15) is 9.90 Å². The quantitative estimate of drug-likeness (QED) is 0.887. The van der Waals surface area contributed by atoms with E-state index in [4.69, 9.17) is 0 Å². The summed E-state index contributed by atoms with van der Waals surface area (Å²) in [4.78, 5) is 16.5. The van der Waals surface area contributed by atoms with Crippen molar-refractivity contribution in [2.45, 2.75) is 5.92 Å². The van der Waals surface area contributed by atoms with Crippen molar-refractivity contribution in [3.63, 3.8) is 0 Å². The Balaban J connectivity index is 1.73. The number of aromatic nitrogens is 2. The molecule has 0 unspecified atom stereocenters. The predicted octanol–water partition coefficient (Wildman–Crippen LogP) is 1.73. The molecule has 2 N–H and O–H groups in total. The van der Waals surface area contributed by atoms with E-state index in [1.54, 1.807) is 9.58 Å². The largest absolute Gasteiger partial charge is 0.396 e. The van der Waals surface area contributed by atoms with E-state index in [1.807, 2.05) is 62.7 Å². The molecule has 3 rings (SSSR count). The SMILES string of the molecule is CN(C)c1ccccc1NC(=O)N1C[C@@H](CO)[C@H](c2cnn(C)c2)C1. The fraction of sp³-hybridized carbons (Fsp3) is 0.444. The molecule has 7 nitrogen and oxygen atoms in total. The van der Waals surface area contributed by atoms with Crippen molar-refractivity contribution >= 4 is 17.4 Å². The predicted molar refractivity (Wildman–Crippen MR) is 97.9 cm³/mol. The van der Waals surface area contributed by atoms with Gasteiger partial charge in [-0.3, -0.25) is 4.68 Å². The van der Waals surface area contributed by atoms with Gasteiger partial charge in [0.15, 0.2) is 0 Å². The average molecular weight is 343 g/mol. The van der Waals surface area contributed by atoms with Gasteiger partial charge in [0, 0.05) is 58.9 Å². The van der Waals surface area contributed by atoms with Crippen molar-refractivity contribution in [2.24, 2.45) is 13.0 Å². The highest BCUT2D eigenvalue weighted by atomic mass is 16.3. The zero-order chi connectivity index (χ0) is 18.0. The second-order valence-electron chi connectivity index (χ2n) is 6.74. The number of para-hydroxylation sites is 2. The number of rotatable bonds is 4. The number of benzene rings is 1. The van der Waals surface area contributed by atoms with Gasteiger partial charge in [-0.05, 0) is 17.7 Å². The zero-order valence-corrected chi connectivity index (χ0v) is 14.9. The minimum atomic E-state index is -0.140. The molecule has 2 aromatic rings. The summed E-state index contributed by atoms with van der Waals surface area (Å²) in [6, 6.07) is 7.57. The smallest absolute Gasteiger partial charge is 0.321 e. The number of nitrogens with zero attached hydrogens (tertiary/aromatic N) is 4. The molecule has 2 heterocycles. The van der Waals surface area contributed by atoms with Gasteiger partial charge in [-0.1, -0.05) is 12.1 Å². The Bertz CT molecular complexity index is 743. The van der Waals surface area contributed by atoms with E-state index < -0.39 is 0 Å². The monoisotopic (exact) mass is 343 g/mol. The van der Waals surface area contributed by atoms with Crippen LogP contribution in [0.2, 0.25) is 0 Å². The summed E-state index contributed by atoms with van der Waals surface area (Å²) < 4.78 is 1.75. The van der Waals surface area contributed by atoms with Crippen molar-refractivity contribution in [3.8, 4) is 0 Å².